The molecular formula is C12H24N2O2S. The van der Waals surface area contributed by atoms with Gasteiger partial charge in [0.05, 0.1) is 5.25 Å². The average Bonchev–Trinajstić information content (AvgIpc) is 3.03. The van der Waals surface area contributed by atoms with E-state index < -0.39 is 10.0 Å². The zero-order valence-electron chi connectivity index (χ0n) is 10.8. The predicted octanol–water partition coefficient (Wildman–Crippen LogP) is 1.38. The number of hydrogen-bond acceptors (Lipinski definition) is 3. The van der Waals surface area contributed by atoms with Crippen LogP contribution in [0.5, 0.6) is 0 Å². The first kappa shape index (κ1) is 13.3. The summed E-state index contributed by atoms with van der Waals surface area (Å²) >= 11 is 0. The molecule has 0 heterocycles. The maximum Gasteiger partial charge on any atom is 0.214 e. The van der Waals surface area contributed by atoms with Gasteiger partial charge in [-0.2, -0.15) is 0 Å². The summed E-state index contributed by atoms with van der Waals surface area (Å²) < 4.78 is 26.5. The van der Waals surface area contributed by atoms with Crippen LogP contribution >= 0.6 is 0 Å². The molecule has 4 nitrogen and oxygen atoms in total. The van der Waals surface area contributed by atoms with E-state index >= 15 is 0 Å². The highest BCUT2D eigenvalue weighted by Crippen LogP contribution is 2.29. The molecule has 0 spiro atoms. The average molecular weight is 260 g/mol. The fourth-order valence-electron chi connectivity index (χ4n) is 2.56. The molecule has 2 rings (SSSR count). The Balaban J connectivity index is 1.75. The summed E-state index contributed by atoms with van der Waals surface area (Å²) in [5.74, 6) is 0. The summed E-state index contributed by atoms with van der Waals surface area (Å²) in [6.45, 7) is 4.31. The Morgan fingerprint density at radius 2 is 1.47 bits per heavy atom. The van der Waals surface area contributed by atoms with Crippen LogP contribution in [0.3, 0.4) is 0 Å². The molecule has 0 unspecified atom stereocenters. The molecule has 0 aromatic carbocycles. The SMILES string of the molecule is CC(C)NC1CCC(NS(=O)(=O)C2CC2)CC1. The highest BCUT2D eigenvalue weighted by molar-refractivity contribution is 7.90. The largest absolute Gasteiger partial charge is 0.312 e. The minimum atomic E-state index is -3.00. The maximum atomic E-state index is 11.8. The fourth-order valence-corrected chi connectivity index (χ4v) is 4.21. The summed E-state index contributed by atoms with van der Waals surface area (Å²) in [4.78, 5) is 0. The molecule has 2 saturated carbocycles. The molecular weight excluding hydrogens is 236 g/mol. The van der Waals surface area contributed by atoms with Crippen molar-refractivity contribution in [1.29, 1.82) is 0 Å². The third kappa shape index (κ3) is 3.93. The Kier molecular flexibility index (Phi) is 4.10. The van der Waals surface area contributed by atoms with E-state index in [0.717, 1.165) is 38.5 Å². The summed E-state index contributed by atoms with van der Waals surface area (Å²) in [6.07, 6.45) is 5.79. The molecule has 5 heteroatoms. The lowest BCUT2D eigenvalue weighted by molar-refractivity contribution is 0.314. The molecule has 2 aliphatic carbocycles. The number of sulfonamides is 1. The van der Waals surface area contributed by atoms with Gasteiger partial charge in [0, 0.05) is 18.1 Å². The van der Waals surface area contributed by atoms with Gasteiger partial charge in [-0.1, -0.05) is 13.8 Å². The van der Waals surface area contributed by atoms with Crippen molar-refractivity contribution in [2.75, 3.05) is 0 Å². The normalized spacial score (nSPS) is 30.8. The van der Waals surface area contributed by atoms with Gasteiger partial charge in [0.2, 0.25) is 10.0 Å². The third-order valence-corrected chi connectivity index (χ3v) is 5.60. The van der Waals surface area contributed by atoms with Crippen LogP contribution < -0.4 is 10.0 Å². The van der Waals surface area contributed by atoms with Crippen LogP contribution in [0.2, 0.25) is 0 Å². The highest BCUT2D eigenvalue weighted by atomic mass is 32.2. The van der Waals surface area contributed by atoms with Crippen LogP contribution in [0.4, 0.5) is 0 Å². The molecule has 100 valence electrons. The lowest BCUT2D eigenvalue weighted by atomic mass is 9.91. The van der Waals surface area contributed by atoms with Gasteiger partial charge in [-0.3, -0.25) is 0 Å². The van der Waals surface area contributed by atoms with E-state index in [9.17, 15) is 8.42 Å². The minimum Gasteiger partial charge on any atom is -0.312 e. The molecule has 0 bridgehead atoms. The first-order chi connectivity index (χ1) is 7.97. The number of rotatable bonds is 5. The Bertz CT molecular complexity index is 342. The first-order valence-electron chi connectivity index (χ1n) is 6.74. The first-order valence-corrected chi connectivity index (χ1v) is 8.29. The van der Waals surface area contributed by atoms with Crippen LogP contribution in [-0.2, 0) is 10.0 Å². The van der Waals surface area contributed by atoms with Gasteiger partial charge < -0.3 is 5.32 Å². The lowest BCUT2D eigenvalue weighted by Crippen LogP contribution is -2.44. The van der Waals surface area contributed by atoms with Gasteiger partial charge in [0.15, 0.2) is 0 Å². The molecule has 2 N–H and O–H groups in total. The van der Waals surface area contributed by atoms with E-state index in [-0.39, 0.29) is 11.3 Å². The molecule has 2 fully saturated rings. The van der Waals surface area contributed by atoms with Crippen molar-refractivity contribution in [1.82, 2.24) is 10.0 Å². The standard InChI is InChI=1S/C12H24N2O2S/c1-9(2)13-10-3-5-11(6-4-10)14-17(15,16)12-7-8-12/h9-14H,3-8H2,1-2H3. The lowest BCUT2D eigenvalue weighted by Gasteiger charge is -2.30. The molecule has 0 aromatic heterocycles. The monoisotopic (exact) mass is 260 g/mol. The Morgan fingerprint density at radius 3 is 1.94 bits per heavy atom. The predicted molar refractivity (Wildman–Crippen MR) is 69.4 cm³/mol. The van der Waals surface area contributed by atoms with E-state index in [1.165, 1.54) is 0 Å². The summed E-state index contributed by atoms with van der Waals surface area (Å²) in [5, 5.41) is 3.43. The van der Waals surface area contributed by atoms with Gasteiger partial charge in [-0.25, -0.2) is 13.1 Å². The van der Waals surface area contributed by atoms with Crippen molar-refractivity contribution in [2.24, 2.45) is 0 Å². The summed E-state index contributed by atoms with van der Waals surface area (Å²) in [5.41, 5.74) is 0. The number of nitrogens with one attached hydrogen (secondary N) is 2. The maximum absolute atomic E-state index is 11.8. The molecule has 0 saturated heterocycles. The van der Waals surface area contributed by atoms with E-state index in [2.05, 4.69) is 23.9 Å². The van der Waals surface area contributed by atoms with Crippen LogP contribution in [-0.4, -0.2) is 31.8 Å². The van der Waals surface area contributed by atoms with Gasteiger partial charge in [0.25, 0.3) is 0 Å². The molecule has 0 aliphatic heterocycles. The second kappa shape index (κ2) is 5.24. The van der Waals surface area contributed by atoms with Crippen molar-refractivity contribution in [3.63, 3.8) is 0 Å². The Hall–Kier alpha value is -0.130. The van der Waals surface area contributed by atoms with E-state index in [4.69, 9.17) is 0 Å². The molecule has 17 heavy (non-hydrogen) atoms. The second-order valence-corrected chi connectivity index (χ2v) is 7.72. The van der Waals surface area contributed by atoms with Crippen molar-refractivity contribution >= 4 is 10.0 Å². The highest BCUT2D eigenvalue weighted by Gasteiger charge is 2.37. The van der Waals surface area contributed by atoms with Crippen LogP contribution in [0.25, 0.3) is 0 Å². The van der Waals surface area contributed by atoms with Gasteiger partial charge in [-0.05, 0) is 38.5 Å². The molecule has 0 radical (unpaired) electrons. The van der Waals surface area contributed by atoms with Crippen molar-refractivity contribution in [3.8, 4) is 0 Å². The van der Waals surface area contributed by atoms with Gasteiger partial charge >= 0.3 is 0 Å². The number of hydrogen-bond donors (Lipinski definition) is 2. The smallest absolute Gasteiger partial charge is 0.214 e. The zero-order valence-corrected chi connectivity index (χ0v) is 11.6. The van der Waals surface area contributed by atoms with E-state index in [1.807, 2.05) is 0 Å². The Labute approximate surface area is 105 Å². The fraction of sp³-hybridized carbons (Fsp3) is 1.00. The second-order valence-electron chi connectivity index (χ2n) is 5.73. The van der Waals surface area contributed by atoms with Crippen LogP contribution in [0, 0.1) is 0 Å². The third-order valence-electron chi connectivity index (χ3n) is 3.59. The van der Waals surface area contributed by atoms with Crippen molar-refractivity contribution in [2.45, 2.75) is 75.7 Å². The topological polar surface area (TPSA) is 58.2 Å². The summed E-state index contributed by atoms with van der Waals surface area (Å²) in [7, 11) is -3.00. The zero-order chi connectivity index (χ0) is 12.5. The van der Waals surface area contributed by atoms with Crippen molar-refractivity contribution < 1.29 is 8.42 Å². The molecule has 2 aliphatic rings. The summed E-state index contributed by atoms with van der Waals surface area (Å²) in [6, 6.07) is 1.25. The van der Waals surface area contributed by atoms with E-state index in [1.54, 1.807) is 0 Å². The molecule has 0 amide bonds. The van der Waals surface area contributed by atoms with Gasteiger partial charge in [0.1, 0.15) is 0 Å². The minimum absolute atomic E-state index is 0.0889. The molecule has 0 atom stereocenters. The Morgan fingerprint density at radius 1 is 0.941 bits per heavy atom. The van der Waals surface area contributed by atoms with Crippen LogP contribution in [0.15, 0.2) is 0 Å². The quantitative estimate of drug-likeness (QED) is 0.785. The molecule has 0 aromatic rings. The van der Waals surface area contributed by atoms with Crippen molar-refractivity contribution in [3.05, 3.63) is 0 Å². The van der Waals surface area contributed by atoms with E-state index in [0.29, 0.717) is 12.1 Å². The van der Waals surface area contributed by atoms with Gasteiger partial charge in [-0.15, -0.1) is 0 Å². The van der Waals surface area contributed by atoms with Crippen LogP contribution in [0.1, 0.15) is 52.4 Å².